The van der Waals surface area contributed by atoms with Crippen LogP contribution < -0.4 is 16.4 Å². The van der Waals surface area contributed by atoms with E-state index in [1.54, 1.807) is 0 Å². The van der Waals surface area contributed by atoms with Gasteiger partial charge >= 0.3 is 12.0 Å². The maximum atomic E-state index is 11.7. The molecular formula is C12H18N4O4S. The average molecular weight is 314 g/mol. The highest BCUT2D eigenvalue weighted by atomic mass is 32.1. The molecule has 8 nitrogen and oxygen atoms in total. The Bertz CT molecular complexity index is 543. The molecule has 0 saturated heterocycles. The normalized spacial score (nSPS) is 11.7. The molecule has 0 radical (unpaired) electrons. The van der Waals surface area contributed by atoms with E-state index in [4.69, 9.17) is 10.8 Å². The van der Waals surface area contributed by atoms with Gasteiger partial charge in [-0.2, -0.15) is 0 Å². The van der Waals surface area contributed by atoms with Crippen molar-refractivity contribution in [2.45, 2.75) is 39.2 Å². The molecule has 3 amide bonds. The van der Waals surface area contributed by atoms with E-state index in [1.807, 2.05) is 13.8 Å². The van der Waals surface area contributed by atoms with Gasteiger partial charge in [-0.3, -0.25) is 10.1 Å². The first-order valence-electron chi connectivity index (χ1n) is 6.38. The number of nitrogens with two attached hydrogens (primary N) is 1. The minimum Gasteiger partial charge on any atom is -0.480 e. The van der Waals surface area contributed by atoms with Gasteiger partial charge in [0, 0.05) is 11.3 Å². The molecule has 1 heterocycles. The molecule has 0 unspecified atom stereocenters. The Morgan fingerprint density at radius 3 is 2.57 bits per heavy atom. The second-order valence-electron chi connectivity index (χ2n) is 4.37. The smallest absolute Gasteiger partial charge is 0.326 e. The number of amides is 3. The van der Waals surface area contributed by atoms with Gasteiger partial charge in [-0.25, -0.2) is 14.6 Å². The van der Waals surface area contributed by atoms with Crippen LogP contribution in [0.3, 0.4) is 0 Å². The Balaban J connectivity index is 2.60. The minimum atomic E-state index is -1.23. The molecule has 0 aliphatic carbocycles. The number of rotatable bonds is 7. The number of carbonyl (C=O) groups excluding carboxylic acids is 2. The number of carboxylic acids is 1. The topological polar surface area (TPSA) is 134 Å². The SMILES string of the molecule is CCc1nc(NC(=O)N[C@@H](CCC(N)=O)C(=O)O)sc1C. The first-order chi connectivity index (χ1) is 9.83. The highest BCUT2D eigenvalue weighted by molar-refractivity contribution is 7.15. The number of nitrogens with one attached hydrogen (secondary N) is 2. The third-order valence-electron chi connectivity index (χ3n) is 2.73. The van der Waals surface area contributed by atoms with Crippen LogP contribution in [0.2, 0.25) is 0 Å². The monoisotopic (exact) mass is 314 g/mol. The lowest BCUT2D eigenvalue weighted by Crippen LogP contribution is -2.43. The Hall–Kier alpha value is -2.16. The Morgan fingerprint density at radius 2 is 2.10 bits per heavy atom. The fourth-order valence-corrected chi connectivity index (χ4v) is 2.54. The maximum absolute atomic E-state index is 11.7. The molecular weight excluding hydrogens is 296 g/mol. The summed E-state index contributed by atoms with van der Waals surface area (Å²) in [6.45, 7) is 3.85. The van der Waals surface area contributed by atoms with Crippen LogP contribution in [-0.4, -0.2) is 34.0 Å². The summed E-state index contributed by atoms with van der Waals surface area (Å²) in [5.74, 6) is -1.84. The van der Waals surface area contributed by atoms with Crippen molar-refractivity contribution in [1.29, 1.82) is 0 Å². The van der Waals surface area contributed by atoms with Crippen molar-refractivity contribution >= 4 is 34.4 Å². The number of nitrogens with zero attached hydrogens (tertiary/aromatic N) is 1. The van der Waals surface area contributed by atoms with E-state index < -0.39 is 23.9 Å². The van der Waals surface area contributed by atoms with Crippen molar-refractivity contribution in [2.75, 3.05) is 5.32 Å². The number of anilines is 1. The predicted octanol–water partition coefficient (Wildman–Crippen LogP) is 0.854. The van der Waals surface area contributed by atoms with Crippen molar-refractivity contribution in [3.05, 3.63) is 10.6 Å². The van der Waals surface area contributed by atoms with E-state index in [1.165, 1.54) is 11.3 Å². The molecule has 9 heteroatoms. The summed E-state index contributed by atoms with van der Waals surface area (Å²) in [5.41, 5.74) is 5.85. The lowest BCUT2D eigenvalue weighted by atomic mass is 10.1. The third-order valence-corrected chi connectivity index (χ3v) is 3.66. The van der Waals surface area contributed by atoms with Gasteiger partial charge in [-0.15, -0.1) is 11.3 Å². The predicted molar refractivity (Wildman–Crippen MR) is 78.2 cm³/mol. The van der Waals surface area contributed by atoms with E-state index in [2.05, 4.69) is 15.6 Å². The van der Waals surface area contributed by atoms with Crippen LogP contribution in [0.15, 0.2) is 0 Å². The second-order valence-corrected chi connectivity index (χ2v) is 5.57. The molecule has 116 valence electrons. The highest BCUT2D eigenvalue weighted by Gasteiger charge is 2.21. The summed E-state index contributed by atoms with van der Waals surface area (Å²) in [4.78, 5) is 38.6. The molecule has 1 atom stereocenters. The quantitative estimate of drug-likeness (QED) is 0.592. The van der Waals surface area contributed by atoms with Gasteiger partial charge in [-0.1, -0.05) is 6.92 Å². The first kappa shape index (κ1) is 16.9. The van der Waals surface area contributed by atoms with E-state index in [0.29, 0.717) is 5.13 Å². The molecule has 0 aliphatic heterocycles. The Labute approximate surface area is 125 Å². The number of carbonyl (C=O) groups is 3. The fraction of sp³-hybridized carbons (Fsp3) is 0.500. The summed E-state index contributed by atoms with van der Waals surface area (Å²) in [6, 6.07) is -1.85. The number of aryl methyl sites for hydroxylation is 2. The van der Waals surface area contributed by atoms with Gasteiger partial charge in [0.05, 0.1) is 5.69 Å². The first-order valence-corrected chi connectivity index (χ1v) is 7.20. The third kappa shape index (κ3) is 5.38. The van der Waals surface area contributed by atoms with Crippen molar-refractivity contribution in [1.82, 2.24) is 10.3 Å². The summed E-state index contributed by atoms with van der Waals surface area (Å²) in [6.07, 6.45) is 0.574. The average Bonchev–Trinajstić information content (AvgIpc) is 2.73. The van der Waals surface area contributed by atoms with E-state index in [-0.39, 0.29) is 12.8 Å². The molecule has 1 aromatic heterocycles. The number of carboxylic acid groups (broad SMARTS) is 1. The van der Waals surface area contributed by atoms with Crippen LogP contribution in [0.4, 0.5) is 9.93 Å². The lowest BCUT2D eigenvalue weighted by molar-refractivity contribution is -0.139. The van der Waals surface area contributed by atoms with Crippen molar-refractivity contribution < 1.29 is 19.5 Å². The molecule has 0 aliphatic rings. The number of aromatic nitrogens is 1. The van der Waals surface area contributed by atoms with Crippen LogP contribution in [0, 0.1) is 6.92 Å². The second kappa shape index (κ2) is 7.58. The standard InChI is InChI=1S/C12H18N4O4S/c1-3-7-6(2)21-12(15-7)16-11(20)14-8(10(18)19)4-5-9(13)17/h8H,3-5H2,1-2H3,(H2,13,17)(H,18,19)(H2,14,15,16,20)/t8-/m0/s1. The number of hydrogen-bond donors (Lipinski definition) is 4. The molecule has 0 bridgehead atoms. The summed E-state index contributed by atoms with van der Waals surface area (Å²) in [7, 11) is 0. The van der Waals surface area contributed by atoms with Crippen LogP contribution in [0.1, 0.15) is 30.3 Å². The minimum absolute atomic E-state index is 0.0603. The zero-order chi connectivity index (χ0) is 16.0. The molecule has 0 spiro atoms. The van der Waals surface area contributed by atoms with E-state index in [0.717, 1.165) is 17.0 Å². The van der Waals surface area contributed by atoms with Crippen LogP contribution in [0.5, 0.6) is 0 Å². The van der Waals surface area contributed by atoms with Gasteiger partial charge in [0.25, 0.3) is 0 Å². The van der Waals surface area contributed by atoms with Crippen molar-refractivity contribution in [3.63, 3.8) is 0 Å². The van der Waals surface area contributed by atoms with Gasteiger partial charge in [0.1, 0.15) is 6.04 Å². The summed E-state index contributed by atoms with van der Waals surface area (Å²) >= 11 is 1.32. The highest BCUT2D eigenvalue weighted by Crippen LogP contribution is 2.22. The zero-order valence-corrected chi connectivity index (χ0v) is 12.6. The molecule has 0 aromatic carbocycles. The zero-order valence-electron chi connectivity index (χ0n) is 11.8. The Kier molecular flexibility index (Phi) is 6.10. The number of primary amides is 1. The molecule has 21 heavy (non-hydrogen) atoms. The number of thiazole rings is 1. The number of hydrogen-bond acceptors (Lipinski definition) is 5. The summed E-state index contributed by atoms with van der Waals surface area (Å²) < 4.78 is 0. The maximum Gasteiger partial charge on any atom is 0.326 e. The fourth-order valence-electron chi connectivity index (χ4n) is 1.64. The van der Waals surface area contributed by atoms with Gasteiger partial charge < -0.3 is 16.2 Å². The molecule has 1 rings (SSSR count). The van der Waals surface area contributed by atoms with E-state index >= 15 is 0 Å². The van der Waals surface area contributed by atoms with Crippen LogP contribution >= 0.6 is 11.3 Å². The van der Waals surface area contributed by atoms with Gasteiger partial charge in [0.15, 0.2) is 5.13 Å². The van der Waals surface area contributed by atoms with Crippen molar-refractivity contribution in [2.24, 2.45) is 5.73 Å². The van der Waals surface area contributed by atoms with E-state index in [9.17, 15) is 14.4 Å². The molecule has 5 N–H and O–H groups in total. The molecule has 0 saturated carbocycles. The lowest BCUT2D eigenvalue weighted by Gasteiger charge is -2.13. The number of aliphatic carboxylic acids is 1. The van der Waals surface area contributed by atoms with Crippen molar-refractivity contribution in [3.8, 4) is 0 Å². The Morgan fingerprint density at radius 1 is 1.43 bits per heavy atom. The molecule has 0 fully saturated rings. The largest absolute Gasteiger partial charge is 0.480 e. The summed E-state index contributed by atoms with van der Waals surface area (Å²) in [5, 5.41) is 14.1. The van der Waals surface area contributed by atoms with Gasteiger partial charge in [0.2, 0.25) is 5.91 Å². The molecule has 1 aromatic rings. The van der Waals surface area contributed by atoms with Gasteiger partial charge in [-0.05, 0) is 19.8 Å². The van der Waals surface area contributed by atoms with Crippen LogP contribution in [0.25, 0.3) is 0 Å². The number of urea groups is 1. The van der Waals surface area contributed by atoms with Crippen LogP contribution in [-0.2, 0) is 16.0 Å².